The lowest BCUT2D eigenvalue weighted by molar-refractivity contribution is -0.385. The van der Waals surface area contributed by atoms with E-state index < -0.39 is 27.2 Å². The van der Waals surface area contributed by atoms with Crippen LogP contribution in [-0.2, 0) is 10.0 Å². The first-order chi connectivity index (χ1) is 16.9. The van der Waals surface area contributed by atoms with Crippen LogP contribution in [0.4, 0.5) is 31.5 Å². The van der Waals surface area contributed by atoms with Crippen LogP contribution in [0.15, 0.2) is 65.6 Å². The standard InChI is InChI=1S/C22H21F2N5O5S2/c1-13-3-9-18(14(2)11-13)28-36(32,33)20-12-16(29(30)31)6-10-19(20)26-27-22(35)25-15-4-7-17(8-5-15)34-21(23)24/h3-12,21,26,28H,1-2H3,(H2,25,27,35). The van der Waals surface area contributed by atoms with Crippen molar-refractivity contribution in [2.45, 2.75) is 25.4 Å². The smallest absolute Gasteiger partial charge is 0.387 e. The van der Waals surface area contributed by atoms with E-state index >= 15 is 0 Å². The van der Waals surface area contributed by atoms with Gasteiger partial charge >= 0.3 is 6.61 Å². The highest BCUT2D eigenvalue weighted by Gasteiger charge is 2.23. The molecule has 0 heterocycles. The topological polar surface area (TPSA) is 135 Å². The van der Waals surface area contributed by atoms with Gasteiger partial charge in [0.15, 0.2) is 5.11 Å². The third-order valence-corrected chi connectivity index (χ3v) is 6.35. The lowest BCUT2D eigenvalue weighted by Gasteiger charge is -2.17. The van der Waals surface area contributed by atoms with Gasteiger partial charge in [0.1, 0.15) is 10.6 Å². The van der Waals surface area contributed by atoms with Gasteiger partial charge in [0.05, 0.1) is 16.3 Å². The molecule has 10 nitrogen and oxygen atoms in total. The van der Waals surface area contributed by atoms with Gasteiger partial charge in [-0.1, -0.05) is 17.7 Å². The van der Waals surface area contributed by atoms with E-state index in [0.717, 1.165) is 17.7 Å². The first kappa shape index (κ1) is 26.6. The summed E-state index contributed by atoms with van der Waals surface area (Å²) >= 11 is 5.17. The number of aryl methyl sites for hydroxylation is 2. The molecule has 0 unspecified atom stereocenters. The molecule has 0 saturated heterocycles. The molecule has 4 N–H and O–H groups in total. The second-order valence-electron chi connectivity index (χ2n) is 7.47. The number of nitrogens with zero attached hydrogens (tertiary/aromatic N) is 1. The summed E-state index contributed by atoms with van der Waals surface area (Å²) in [4.78, 5) is 10.2. The van der Waals surface area contributed by atoms with Gasteiger partial charge in [-0.05, 0) is 68.0 Å². The van der Waals surface area contributed by atoms with Crippen LogP contribution in [0.2, 0.25) is 0 Å². The Bertz CT molecular complexity index is 1390. The summed E-state index contributed by atoms with van der Waals surface area (Å²) in [6.45, 7) is 0.643. The maximum absolute atomic E-state index is 13.2. The van der Waals surface area contributed by atoms with E-state index in [9.17, 15) is 27.3 Å². The van der Waals surface area contributed by atoms with Crippen LogP contribution in [0, 0.1) is 24.0 Å². The van der Waals surface area contributed by atoms with Crippen LogP contribution in [0.3, 0.4) is 0 Å². The Labute approximate surface area is 210 Å². The van der Waals surface area contributed by atoms with Gasteiger partial charge in [-0.25, -0.2) is 8.42 Å². The maximum atomic E-state index is 13.2. The van der Waals surface area contributed by atoms with E-state index in [0.29, 0.717) is 16.9 Å². The lowest BCUT2D eigenvalue weighted by atomic mass is 10.1. The molecule has 0 spiro atoms. The van der Waals surface area contributed by atoms with Crippen molar-refractivity contribution < 1.29 is 26.9 Å². The quantitative estimate of drug-likeness (QED) is 0.170. The summed E-state index contributed by atoms with van der Waals surface area (Å²) in [7, 11) is -4.25. The predicted octanol–water partition coefficient (Wildman–Crippen LogP) is 4.93. The van der Waals surface area contributed by atoms with Crippen LogP contribution in [0.1, 0.15) is 11.1 Å². The highest BCUT2D eigenvalue weighted by Crippen LogP contribution is 2.29. The first-order valence-electron chi connectivity index (χ1n) is 10.2. The van der Waals surface area contributed by atoms with Crippen molar-refractivity contribution in [3.8, 4) is 5.75 Å². The third-order valence-electron chi connectivity index (χ3n) is 4.74. The molecule has 36 heavy (non-hydrogen) atoms. The van der Waals surface area contributed by atoms with Crippen molar-refractivity contribution >= 4 is 50.1 Å². The van der Waals surface area contributed by atoms with Gasteiger partial charge in [0.25, 0.3) is 15.7 Å². The molecular formula is C22H21F2N5O5S2. The SMILES string of the molecule is Cc1ccc(NS(=O)(=O)c2cc([N+](=O)[O-])ccc2NNC(=S)Nc2ccc(OC(F)F)cc2)c(C)c1. The van der Waals surface area contributed by atoms with Crippen molar-refractivity contribution in [3.05, 3.63) is 81.9 Å². The molecule has 3 rings (SSSR count). The minimum absolute atomic E-state index is 0.00145. The van der Waals surface area contributed by atoms with Crippen molar-refractivity contribution in [2.75, 3.05) is 15.5 Å². The number of anilines is 3. The summed E-state index contributed by atoms with van der Waals surface area (Å²) in [6.07, 6.45) is 0. The van der Waals surface area contributed by atoms with Gasteiger partial charge < -0.3 is 10.1 Å². The minimum Gasteiger partial charge on any atom is -0.435 e. The first-order valence-corrected chi connectivity index (χ1v) is 12.1. The number of nitro benzene ring substituents is 1. The lowest BCUT2D eigenvalue weighted by Crippen LogP contribution is -2.34. The van der Waals surface area contributed by atoms with E-state index in [4.69, 9.17) is 12.2 Å². The number of ether oxygens (including phenoxy) is 1. The summed E-state index contributed by atoms with van der Waals surface area (Å²) in [6, 6.07) is 13.9. The van der Waals surface area contributed by atoms with Crippen molar-refractivity contribution in [3.63, 3.8) is 0 Å². The molecule has 0 bridgehead atoms. The Hall–Kier alpha value is -4.04. The Balaban J connectivity index is 1.78. The average molecular weight is 538 g/mol. The molecule has 0 saturated carbocycles. The van der Waals surface area contributed by atoms with Gasteiger partial charge in [-0.15, -0.1) is 0 Å². The molecule has 0 radical (unpaired) electrons. The Kier molecular flexibility index (Phi) is 8.22. The molecule has 190 valence electrons. The molecule has 3 aromatic rings. The highest BCUT2D eigenvalue weighted by atomic mass is 32.2. The molecular weight excluding hydrogens is 516 g/mol. The van der Waals surface area contributed by atoms with E-state index in [-0.39, 0.29) is 21.4 Å². The number of nitro groups is 1. The molecule has 0 aliphatic carbocycles. The molecule has 0 aromatic heterocycles. The molecule has 0 amide bonds. The zero-order valence-electron chi connectivity index (χ0n) is 18.9. The fraction of sp³-hybridized carbons (Fsp3) is 0.136. The number of alkyl halides is 2. The van der Waals surface area contributed by atoms with E-state index in [1.54, 1.807) is 25.1 Å². The highest BCUT2D eigenvalue weighted by molar-refractivity contribution is 7.93. The summed E-state index contributed by atoms with van der Waals surface area (Å²) in [5, 5.41) is 14.0. The Morgan fingerprint density at radius 2 is 1.69 bits per heavy atom. The van der Waals surface area contributed by atoms with Gasteiger partial charge in [0, 0.05) is 17.8 Å². The zero-order valence-corrected chi connectivity index (χ0v) is 20.5. The number of non-ortho nitro benzene ring substituents is 1. The largest absolute Gasteiger partial charge is 0.435 e. The van der Waals surface area contributed by atoms with E-state index in [1.165, 1.54) is 30.3 Å². The summed E-state index contributed by atoms with van der Waals surface area (Å²) < 4.78 is 57.6. The fourth-order valence-electron chi connectivity index (χ4n) is 3.08. The Morgan fingerprint density at radius 3 is 2.31 bits per heavy atom. The Morgan fingerprint density at radius 1 is 1.03 bits per heavy atom. The molecule has 0 atom stereocenters. The van der Waals surface area contributed by atoms with Crippen molar-refractivity contribution in [1.82, 2.24) is 5.43 Å². The number of benzene rings is 3. The van der Waals surface area contributed by atoms with E-state index in [1.807, 2.05) is 6.92 Å². The van der Waals surface area contributed by atoms with Crippen LogP contribution in [0.5, 0.6) is 5.75 Å². The third kappa shape index (κ3) is 6.99. The molecule has 0 fully saturated rings. The van der Waals surface area contributed by atoms with Crippen LogP contribution >= 0.6 is 12.2 Å². The molecule has 0 aliphatic heterocycles. The van der Waals surface area contributed by atoms with Crippen LogP contribution in [-0.4, -0.2) is 25.1 Å². The van der Waals surface area contributed by atoms with Crippen LogP contribution in [0.25, 0.3) is 0 Å². The molecule has 14 heteroatoms. The number of nitrogens with one attached hydrogen (secondary N) is 4. The van der Waals surface area contributed by atoms with Crippen LogP contribution < -0.4 is 25.6 Å². The average Bonchev–Trinajstić information content (AvgIpc) is 2.80. The van der Waals surface area contributed by atoms with Gasteiger partial charge in [-0.3, -0.25) is 25.7 Å². The summed E-state index contributed by atoms with van der Waals surface area (Å²) in [5.74, 6) is -0.0374. The maximum Gasteiger partial charge on any atom is 0.387 e. The zero-order chi connectivity index (χ0) is 26.5. The minimum atomic E-state index is -4.25. The number of sulfonamides is 1. The normalized spacial score (nSPS) is 11.0. The van der Waals surface area contributed by atoms with Gasteiger partial charge in [0.2, 0.25) is 0 Å². The number of thiocarbonyl (C=S) groups is 1. The number of hydrazine groups is 1. The van der Waals surface area contributed by atoms with Crippen molar-refractivity contribution in [2.24, 2.45) is 0 Å². The summed E-state index contributed by atoms with van der Waals surface area (Å²) in [5.41, 5.74) is 7.16. The monoisotopic (exact) mass is 537 g/mol. The van der Waals surface area contributed by atoms with Gasteiger partial charge in [-0.2, -0.15) is 8.78 Å². The van der Waals surface area contributed by atoms with Crippen molar-refractivity contribution in [1.29, 1.82) is 0 Å². The number of hydrogen-bond acceptors (Lipinski definition) is 7. The predicted molar refractivity (Wildman–Crippen MR) is 136 cm³/mol. The second-order valence-corrected chi connectivity index (χ2v) is 9.53. The number of rotatable bonds is 9. The molecule has 3 aromatic carbocycles. The van der Waals surface area contributed by atoms with E-state index in [2.05, 4.69) is 25.6 Å². The number of hydrogen-bond donors (Lipinski definition) is 4. The second kappa shape index (κ2) is 11.1. The molecule has 0 aliphatic rings. The number of halogens is 2. The fourth-order valence-corrected chi connectivity index (χ4v) is 4.57.